The van der Waals surface area contributed by atoms with Gasteiger partial charge in [-0.25, -0.2) is 0 Å². The summed E-state index contributed by atoms with van der Waals surface area (Å²) in [6.07, 6.45) is 1.91. The lowest BCUT2D eigenvalue weighted by Crippen LogP contribution is -1.86. The lowest BCUT2D eigenvalue weighted by atomic mass is 9.97. The molecule has 0 nitrogen and oxygen atoms in total. The first kappa shape index (κ1) is 12.4. The van der Waals surface area contributed by atoms with Crippen molar-refractivity contribution in [2.24, 2.45) is 0 Å². The van der Waals surface area contributed by atoms with E-state index in [4.69, 9.17) is 0 Å². The summed E-state index contributed by atoms with van der Waals surface area (Å²) in [5.41, 5.74) is 4.79. The molecule has 18 heavy (non-hydrogen) atoms. The Morgan fingerprint density at radius 3 is 1.28 bits per heavy atom. The molecular weight excluding hydrogens is 216 g/mol. The van der Waals surface area contributed by atoms with Crippen LogP contribution < -0.4 is 0 Å². The molecule has 0 N–H and O–H groups in total. The molecule has 0 saturated heterocycles. The minimum absolute atomic E-state index is 0.956. The molecule has 0 aliphatic rings. The van der Waals surface area contributed by atoms with Gasteiger partial charge in [0.15, 0.2) is 0 Å². The second-order valence-corrected chi connectivity index (χ2v) is 4.44. The van der Waals surface area contributed by atoms with Gasteiger partial charge in [-0.15, -0.1) is 0 Å². The fourth-order valence-corrected chi connectivity index (χ4v) is 1.94. The van der Waals surface area contributed by atoms with Gasteiger partial charge in [0.2, 0.25) is 0 Å². The van der Waals surface area contributed by atoms with E-state index in [9.17, 15) is 0 Å². The first-order valence-corrected chi connectivity index (χ1v) is 6.24. The highest BCUT2D eigenvalue weighted by atomic mass is 14.1. The van der Waals surface area contributed by atoms with E-state index in [1.54, 1.807) is 0 Å². The monoisotopic (exact) mass is 234 g/mol. The number of hydrogen-bond acceptors (Lipinski definition) is 0. The Kier molecular flexibility index (Phi) is 4.14. The van der Waals surface area contributed by atoms with Crippen molar-refractivity contribution in [2.75, 3.05) is 0 Å². The van der Waals surface area contributed by atoms with Gasteiger partial charge in [0.1, 0.15) is 0 Å². The minimum atomic E-state index is 0.956. The Bertz CT molecular complexity index is 469. The van der Waals surface area contributed by atoms with Crippen LogP contribution in [0.5, 0.6) is 0 Å². The van der Waals surface area contributed by atoms with Crippen molar-refractivity contribution in [3.63, 3.8) is 0 Å². The van der Waals surface area contributed by atoms with E-state index in [1.807, 2.05) is 36.4 Å². The Morgan fingerprint density at radius 2 is 0.944 bits per heavy atom. The fourth-order valence-electron chi connectivity index (χ4n) is 1.94. The van der Waals surface area contributed by atoms with Crippen molar-refractivity contribution >= 4 is 11.1 Å². The van der Waals surface area contributed by atoms with Gasteiger partial charge in [-0.2, -0.15) is 0 Å². The van der Waals surface area contributed by atoms with Crippen LogP contribution in [0.2, 0.25) is 0 Å². The molecule has 0 aliphatic heterocycles. The molecule has 0 spiro atoms. The maximum Gasteiger partial charge on any atom is -0.0230 e. The Balaban J connectivity index is 1.93. The van der Waals surface area contributed by atoms with Crippen LogP contribution in [-0.2, 0) is 0 Å². The molecule has 90 valence electrons. The van der Waals surface area contributed by atoms with E-state index in [1.165, 1.54) is 22.3 Å². The predicted octanol–water partition coefficient (Wildman–Crippen LogP) is 5.19. The quantitative estimate of drug-likeness (QED) is 0.667. The molecule has 0 radical (unpaired) electrons. The van der Waals surface area contributed by atoms with Gasteiger partial charge in [-0.1, -0.05) is 73.8 Å². The van der Waals surface area contributed by atoms with Gasteiger partial charge in [0.05, 0.1) is 0 Å². The van der Waals surface area contributed by atoms with Crippen molar-refractivity contribution in [2.45, 2.75) is 12.8 Å². The number of hydrogen-bond donors (Lipinski definition) is 0. The average Bonchev–Trinajstić information content (AvgIpc) is 2.46. The van der Waals surface area contributed by atoms with Crippen molar-refractivity contribution in [3.8, 4) is 0 Å². The van der Waals surface area contributed by atoms with E-state index in [0.29, 0.717) is 0 Å². The number of allylic oxidation sites excluding steroid dienone is 2. The van der Waals surface area contributed by atoms with Crippen LogP contribution >= 0.6 is 0 Å². The van der Waals surface area contributed by atoms with Gasteiger partial charge < -0.3 is 0 Å². The van der Waals surface area contributed by atoms with Crippen molar-refractivity contribution in [1.82, 2.24) is 0 Å². The molecular formula is C18H18. The zero-order chi connectivity index (χ0) is 12.8. The summed E-state index contributed by atoms with van der Waals surface area (Å²) < 4.78 is 0. The van der Waals surface area contributed by atoms with E-state index in [2.05, 4.69) is 37.4 Å². The minimum Gasteiger partial charge on any atom is -0.0952 e. The zero-order valence-corrected chi connectivity index (χ0v) is 10.6. The van der Waals surface area contributed by atoms with Crippen molar-refractivity contribution in [3.05, 3.63) is 84.9 Å². The average molecular weight is 234 g/mol. The highest BCUT2D eigenvalue weighted by Gasteiger charge is 2.01. The first-order valence-electron chi connectivity index (χ1n) is 6.24. The predicted molar refractivity (Wildman–Crippen MR) is 80.2 cm³/mol. The zero-order valence-electron chi connectivity index (χ0n) is 10.6. The topological polar surface area (TPSA) is 0 Å². The molecule has 0 heteroatoms. The van der Waals surface area contributed by atoms with Crippen LogP contribution in [0, 0.1) is 0 Å². The largest absolute Gasteiger partial charge is 0.0952 e. The summed E-state index contributed by atoms with van der Waals surface area (Å²) in [7, 11) is 0. The maximum absolute atomic E-state index is 4.15. The Hall–Kier alpha value is -2.08. The molecule has 2 rings (SSSR count). The second-order valence-electron chi connectivity index (χ2n) is 4.44. The standard InChI is InChI=1S/C18H18/c1-15(17-9-5-3-6-10-17)13-14-16(2)18-11-7-4-8-12-18/h3-12H,1-2,13-14H2. The van der Waals surface area contributed by atoms with Crippen molar-refractivity contribution in [1.29, 1.82) is 0 Å². The molecule has 0 saturated carbocycles. The summed E-state index contributed by atoms with van der Waals surface area (Å²) in [5.74, 6) is 0. The first-order chi connectivity index (χ1) is 8.77. The SMILES string of the molecule is C=C(CCC(=C)c1ccccc1)c1ccccc1. The third kappa shape index (κ3) is 3.21. The highest BCUT2D eigenvalue weighted by molar-refractivity contribution is 5.68. The lowest BCUT2D eigenvalue weighted by molar-refractivity contribution is 1.09. The third-order valence-corrected chi connectivity index (χ3v) is 3.09. The molecule has 0 amide bonds. The molecule has 2 aromatic carbocycles. The summed E-state index contributed by atoms with van der Waals surface area (Å²) in [5, 5.41) is 0. The van der Waals surface area contributed by atoms with Crippen LogP contribution in [-0.4, -0.2) is 0 Å². The Labute approximate surface area is 109 Å². The maximum atomic E-state index is 4.15. The highest BCUT2D eigenvalue weighted by Crippen LogP contribution is 2.24. The summed E-state index contributed by atoms with van der Waals surface area (Å²) >= 11 is 0. The van der Waals surface area contributed by atoms with Gasteiger partial charge >= 0.3 is 0 Å². The van der Waals surface area contributed by atoms with E-state index >= 15 is 0 Å². The smallest absolute Gasteiger partial charge is 0.0230 e. The van der Waals surface area contributed by atoms with Crippen LogP contribution in [0.25, 0.3) is 11.1 Å². The van der Waals surface area contributed by atoms with Gasteiger partial charge in [0, 0.05) is 0 Å². The van der Waals surface area contributed by atoms with E-state index in [0.717, 1.165) is 12.8 Å². The van der Waals surface area contributed by atoms with E-state index in [-0.39, 0.29) is 0 Å². The van der Waals surface area contributed by atoms with Crippen LogP contribution in [0.3, 0.4) is 0 Å². The molecule has 0 atom stereocenters. The molecule has 0 fully saturated rings. The number of benzene rings is 2. The van der Waals surface area contributed by atoms with Crippen molar-refractivity contribution < 1.29 is 0 Å². The third-order valence-electron chi connectivity index (χ3n) is 3.09. The molecule has 2 aromatic rings. The lowest BCUT2D eigenvalue weighted by Gasteiger charge is -2.08. The van der Waals surface area contributed by atoms with E-state index < -0.39 is 0 Å². The van der Waals surface area contributed by atoms with Crippen LogP contribution in [0.4, 0.5) is 0 Å². The summed E-state index contributed by atoms with van der Waals surface area (Å²) in [6, 6.07) is 20.7. The van der Waals surface area contributed by atoms with Crippen LogP contribution in [0.15, 0.2) is 73.8 Å². The number of rotatable bonds is 5. The normalized spacial score (nSPS) is 10.0. The molecule has 0 bridgehead atoms. The molecule has 0 unspecified atom stereocenters. The molecule has 0 aliphatic carbocycles. The van der Waals surface area contributed by atoms with Crippen LogP contribution in [0.1, 0.15) is 24.0 Å². The van der Waals surface area contributed by atoms with Gasteiger partial charge in [0.25, 0.3) is 0 Å². The molecule has 0 heterocycles. The summed E-state index contributed by atoms with van der Waals surface area (Å²) in [4.78, 5) is 0. The molecule has 0 aromatic heterocycles. The fraction of sp³-hybridized carbons (Fsp3) is 0.111. The Morgan fingerprint density at radius 1 is 0.611 bits per heavy atom. The van der Waals surface area contributed by atoms with Gasteiger partial charge in [-0.3, -0.25) is 0 Å². The summed E-state index contributed by atoms with van der Waals surface area (Å²) in [6.45, 7) is 8.30. The van der Waals surface area contributed by atoms with Gasteiger partial charge in [-0.05, 0) is 35.1 Å². The second kappa shape index (κ2) is 6.02.